The van der Waals surface area contributed by atoms with Gasteiger partial charge in [-0.3, -0.25) is 0 Å². The number of hydrogen-bond acceptors (Lipinski definition) is 4. The summed E-state index contributed by atoms with van der Waals surface area (Å²) in [7, 11) is -1.59. The maximum Gasteiger partial charge on any atom is 0.154 e. The van der Waals surface area contributed by atoms with Crippen molar-refractivity contribution in [2.45, 2.75) is 26.8 Å². The van der Waals surface area contributed by atoms with E-state index in [-0.39, 0.29) is 29.6 Å². The summed E-state index contributed by atoms with van der Waals surface area (Å²) in [6.45, 7) is 6.04. The number of sulfone groups is 1. The fourth-order valence-electron chi connectivity index (χ4n) is 0.817. The summed E-state index contributed by atoms with van der Waals surface area (Å²) in [6.07, 6.45) is 0. The van der Waals surface area contributed by atoms with Crippen LogP contribution in [0, 0.1) is 5.41 Å². The van der Waals surface area contributed by atoms with E-state index in [9.17, 15) is 8.42 Å². The van der Waals surface area contributed by atoms with Gasteiger partial charge in [0.2, 0.25) is 0 Å². The molecular weight excluding hydrogens is 202 g/mol. The van der Waals surface area contributed by atoms with Crippen molar-refractivity contribution in [1.82, 2.24) is 0 Å². The lowest BCUT2D eigenvalue weighted by atomic mass is 9.89. The molecule has 0 aromatic heterocycles. The van der Waals surface area contributed by atoms with Crippen LogP contribution in [-0.2, 0) is 14.6 Å². The van der Waals surface area contributed by atoms with Gasteiger partial charge in [-0.05, 0) is 5.41 Å². The first-order valence-electron chi connectivity index (χ1n) is 4.64. The van der Waals surface area contributed by atoms with Crippen molar-refractivity contribution in [3.63, 3.8) is 0 Å². The Morgan fingerprint density at radius 3 is 2.21 bits per heavy atom. The average Bonchev–Trinajstić information content (AvgIpc) is 1.98. The van der Waals surface area contributed by atoms with Crippen molar-refractivity contribution < 1.29 is 13.2 Å². The summed E-state index contributed by atoms with van der Waals surface area (Å²) in [4.78, 5) is 0. The summed E-state index contributed by atoms with van der Waals surface area (Å²) in [5, 5.41) is 0. The van der Waals surface area contributed by atoms with Gasteiger partial charge in [0.25, 0.3) is 0 Å². The molecular formula is C9H21NO3S. The molecule has 0 saturated carbocycles. The van der Waals surface area contributed by atoms with Gasteiger partial charge in [0.15, 0.2) is 9.84 Å². The van der Waals surface area contributed by atoms with Crippen LogP contribution in [0.2, 0.25) is 0 Å². The average molecular weight is 223 g/mol. The topological polar surface area (TPSA) is 69.4 Å². The molecule has 0 saturated heterocycles. The van der Waals surface area contributed by atoms with Crippen LogP contribution in [0.1, 0.15) is 20.8 Å². The Balaban J connectivity index is 4.23. The van der Waals surface area contributed by atoms with E-state index < -0.39 is 9.84 Å². The highest BCUT2D eigenvalue weighted by atomic mass is 32.2. The molecule has 0 aliphatic rings. The predicted molar refractivity (Wildman–Crippen MR) is 58.0 cm³/mol. The van der Waals surface area contributed by atoms with Crippen molar-refractivity contribution in [2.24, 2.45) is 11.1 Å². The molecule has 0 bridgehead atoms. The zero-order valence-electron chi connectivity index (χ0n) is 9.41. The molecule has 0 heterocycles. The van der Waals surface area contributed by atoms with Crippen molar-refractivity contribution >= 4 is 9.84 Å². The number of nitrogens with two attached hydrogens (primary N) is 1. The summed E-state index contributed by atoms with van der Waals surface area (Å²) in [6, 6.07) is -0.329. The molecule has 0 aliphatic heterocycles. The zero-order chi connectivity index (χ0) is 11.4. The second-order valence-electron chi connectivity index (χ2n) is 4.58. The molecule has 1 unspecified atom stereocenters. The maximum absolute atomic E-state index is 11.5. The first-order chi connectivity index (χ1) is 6.19. The van der Waals surface area contributed by atoms with E-state index in [2.05, 4.69) is 0 Å². The minimum atomic E-state index is -3.08. The summed E-state index contributed by atoms with van der Waals surface area (Å²) >= 11 is 0. The molecule has 4 nitrogen and oxygen atoms in total. The Hall–Kier alpha value is -0.130. The van der Waals surface area contributed by atoms with Crippen molar-refractivity contribution in [1.29, 1.82) is 0 Å². The van der Waals surface area contributed by atoms with Gasteiger partial charge in [-0.15, -0.1) is 0 Å². The lowest BCUT2D eigenvalue weighted by Crippen LogP contribution is -2.41. The first-order valence-corrected chi connectivity index (χ1v) is 6.46. The van der Waals surface area contributed by atoms with Crippen LogP contribution < -0.4 is 5.73 Å². The van der Waals surface area contributed by atoms with E-state index in [4.69, 9.17) is 10.5 Å². The van der Waals surface area contributed by atoms with E-state index in [1.807, 2.05) is 20.8 Å². The molecule has 0 aliphatic carbocycles. The fraction of sp³-hybridized carbons (Fsp3) is 1.00. The SMILES string of the molecule is COCCS(=O)(=O)CC(N)C(C)(C)C. The number of rotatable bonds is 5. The normalized spacial score (nSPS) is 15.5. The van der Waals surface area contributed by atoms with Crippen molar-refractivity contribution in [3.8, 4) is 0 Å². The molecule has 0 aromatic rings. The van der Waals surface area contributed by atoms with E-state index >= 15 is 0 Å². The molecule has 5 heteroatoms. The third-order valence-electron chi connectivity index (χ3n) is 2.14. The van der Waals surface area contributed by atoms with E-state index in [1.165, 1.54) is 7.11 Å². The van der Waals surface area contributed by atoms with Gasteiger partial charge in [0, 0.05) is 13.2 Å². The molecule has 0 aromatic carbocycles. The summed E-state index contributed by atoms with van der Waals surface area (Å²) < 4.78 is 27.7. The number of ether oxygens (including phenoxy) is 1. The van der Waals surface area contributed by atoms with Crippen LogP contribution in [0.3, 0.4) is 0 Å². The summed E-state index contributed by atoms with van der Waals surface area (Å²) in [5.41, 5.74) is 5.61. The van der Waals surface area contributed by atoms with Gasteiger partial charge in [0.1, 0.15) is 0 Å². The molecule has 86 valence electrons. The molecule has 1 atom stereocenters. The monoisotopic (exact) mass is 223 g/mol. The van der Waals surface area contributed by atoms with Crippen LogP contribution in [-0.4, -0.2) is 39.7 Å². The van der Waals surface area contributed by atoms with Crippen molar-refractivity contribution in [2.75, 3.05) is 25.2 Å². The standard InChI is InChI=1S/C9H21NO3S/c1-9(2,3)8(10)7-14(11,12)6-5-13-4/h8H,5-7,10H2,1-4H3. The van der Waals surface area contributed by atoms with Gasteiger partial charge >= 0.3 is 0 Å². The molecule has 0 amide bonds. The Bertz CT molecular complexity index is 254. The van der Waals surface area contributed by atoms with E-state index in [0.717, 1.165) is 0 Å². The predicted octanol–water partition coefficient (Wildman–Crippen LogP) is 0.421. The third-order valence-corrected chi connectivity index (χ3v) is 3.80. The Kier molecular flexibility index (Phi) is 5.05. The Labute approximate surface area is 86.7 Å². The van der Waals surface area contributed by atoms with E-state index in [0.29, 0.717) is 0 Å². The largest absolute Gasteiger partial charge is 0.384 e. The van der Waals surface area contributed by atoms with Crippen LogP contribution in [0.4, 0.5) is 0 Å². The van der Waals surface area contributed by atoms with E-state index in [1.54, 1.807) is 0 Å². The van der Waals surface area contributed by atoms with Crippen LogP contribution in [0.25, 0.3) is 0 Å². The lowest BCUT2D eigenvalue weighted by Gasteiger charge is -2.26. The highest BCUT2D eigenvalue weighted by molar-refractivity contribution is 7.91. The second kappa shape index (κ2) is 5.09. The Morgan fingerprint density at radius 2 is 1.86 bits per heavy atom. The lowest BCUT2D eigenvalue weighted by molar-refractivity contribution is 0.217. The highest BCUT2D eigenvalue weighted by Gasteiger charge is 2.25. The smallest absolute Gasteiger partial charge is 0.154 e. The number of hydrogen-bond donors (Lipinski definition) is 1. The van der Waals surface area contributed by atoms with Gasteiger partial charge in [-0.25, -0.2) is 8.42 Å². The third kappa shape index (κ3) is 5.57. The number of methoxy groups -OCH3 is 1. The molecule has 14 heavy (non-hydrogen) atoms. The zero-order valence-corrected chi connectivity index (χ0v) is 10.2. The molecule has 0 rings (SSSR count). The molecule has 2 N–H and O–H groups in total. The Morgan fingerprint density at radius 1 is 1.36 bits per heavy atom. The van der Waals surface area contributed by atoms with Gasteiger partial charge < -0.3 is 10.5 Å². The fourth-order valence-corrected chi connectivity index (χ4v) is 2.45. The quantitative estimate of drug-likeness (QED) is 0.733. The maximum atomic E-state index is 11.5. The van der Waals surface area contributed by atoms with Crippen LogP contribution in [0.5, 0.6) is 0 Å². The van der Waals surface area contributed by atoms with Gasteiger partial charge in [-0.1, -0.05) is 20.8 Å². The second-order valence-corrected chi connectivity index (χ2v) is 6.81. The van der Waals surface area contributed by atoms with Crippen LogP contribution >= 0.6 is 0 Å². The van der Waals surface area contributed by atoms with Crippen LogP contribution in [0.15, 0.2) is 0 Å². The van der Waals surface area contributed by atoms with Gasteiger partial charge in [0.05, 0.1) is 18.1 Å². The highest BCUT2D eigenvalue weighted by Crippen LogP contribution is 2.18. The minimum absolute atomic E-state index is 0.0276. The molecule has 0 fully saturated rings. The van der Waals surface area contributed by atoms with Crippen molar-refractivity contribution in [3.05, 3.63) is 0 Å². The molecule has 0 radical (unpaired) electrons. The molecule has 0 spiro atoms. The summed E-state index contributed by atoms with van der Waals surface area (Å²) in [5.74, 6) is 0.0765. The van der Waals surface area contributed by atoms with Gasteiger partial charge in [-0.2, -0.15) is 0 Å². The first kappa shape index (κ1) is 13.9. The minimum Gasteiger partial charge on any atom is -0.384 e.